The van der Waals surface area contributed by atoms with Crippen LogP contribution in [0.3, 0.4) is 0 Å². The number of rotatable bonds is 8. The lowest BCUT2D eigenvalue weighted by Gasteiger charge is -2.28. The van der Waals surface area contributed by atoms with Crippen LogP contribution in [-0.4, -0.2) is 61.8 Å². The molecule has 1 N–H and O–H groups in total. The number of amides is 1. The molecule has 2 aromatic carbocycles. The largest absolute Gasteiger partial charge is 0.507 e. The van der Waals surface area contributed by atoms with Crippen molar-refractivity contribution in [3.05, 3.63) is 57.1 Å². The van der Waals surface area contributed by atoms with Crippen LogP contribution < -0.4 is 14.2 Å². The van der Waals surface area contributed by atoms with Gasteiger partial charge in [0.15, 0.2) is 17.2 Å². The molecule has 2 aliphatic rings. The lowest BCUT2D eigenvalue weighted by molar-refractivity contribution is -0.140. The van der Waals surface area contributed by atoms with Gasteiger partial charge in [-0.2, -0.15) is 0 Å². The van der Waals surface area contributed by atoms with E-state index in [0.717, 1.165) is 12.8 Å². The Morgan fingerprint density at radius 3 is 2.42 bits per heavy atom. The third-order valence-electron chi connectivity index (χ3n) is 6.24. The molecular weight excluding hydrogens is 509 g/mol. The van der Waals surface area contributed by atoms with E-state index >= 15 is 0 Å². The van der Waals surface area contributed by atoms with Gasteiger partial charge in [0.25, 0.3) is 11.7 Å². The molecule has 10 heteroatoms. The maximum absolute atomic E-state index is 13.3. The van der Waals surface area contributed by atoms with Crippen molar-refractivity contribution in [1.82, 2.24) is 4.90 Å². The molecule has 192 valence electrons. The van der Waals surface area contributed by atoms with Gasteiger partial charge in [0.2, 0.25) is 0 Å². The average molecular weight is 536 g/mol. The van der Waals surface area contributed by atoms with Gasteiger partial charge in [-0.05, 0) is 49.6 Å². The van der Waals surface area contributed by atoms with Crippen molar-refractivity contribution in [2.24, 2.45) is 0 Å². The molecule has 36 heavy (non-hydrogen) atoms. The minimum absolute atomic E-state index is 0.0819. The SMILES string of the molecule is CCOc1ccc(C2/C(=C(\O)c3cc(Cl)c(OC)c(Cl)c3)C(=O)C(=O)N2CC2CCCO2)cc1OC. The summed E-state index contributed by atoms with van der Waals surface area (Å²) in [6, 6.07) is 7.14. The van der Waals surface area contributed by atoms with E-state index in [1.165, 1.54) is 31.3 Å². The Morgan fingerprint density at radius 1 is 1.11 bits per heavy atom. The molecule has 2 saturated heterocycles. The molecule has 8 nitrogen and oxygen atoms in total. The second-order valence-corrected chi connectivity index (χ2v) is 9.22. The number of carbonyl (C=O) groups excluding carboxylic acids is 2. The van der Waals surface area contributed by atoms with E-state index in [0.29, 0.717) is 30.3 Å². The van der Waals surface area contributed by atoms with Crippen molar-refractivity contribution in [3.63, 3.8) is 0 Å². The quantitative estimate of drug-likeness (QED) is 0.288. The molecule has 0 aromatic heterocycles. The molecule has 2 atom stereocenters. The number of hydrogen-bond acceptors (Lipinski definition) is 7. The van der Waals surface area contributed by atoms with E-state index in [2.05, 4.69) is 0 Å². The van der Waals surface area contributed by atoms with E-state index in [9.17, 15) is 14.7 Å². The summed E-state index contributed by atoms with van der Waals surface area (Å²) in [5.41, 5.74) is 0.671. The van der Waals surface area contributed by atoms with Crippen LogP contribution in [0.5, 0.6) is 17.2 Å². The number of methoxy groups -OCH3 is 2. The van der Waals surface area contributed by atoms with E-state index in [1.54, 1.807) is 18.2 Å². The molecular formula is C26H27Cl2NO7. The molecule has 0 spiro atoms. The van der Waals surface area contributed by atoms with Crippen molar-refractivity contribution in [2.75, 3.05) is 34.0 Å². The van der Waals surface area contributed by atoms with E-state index in [4.69, 9.17) is 42.1 Å². The molecule has 2 heterocycles. The van der Waals surface area contributed by atoms with Gasteiger partial charge >= 0.3 is 0 Å². The number of Topliss-reactive ketones (excluding diaryl/α,β-unsaturated/α-hetero) is 1. The summed E-state index contributed by atoms with van der Waals surface area (Å²) in [7, 11) is 2.93. The lowest BCUT2D eigenvalue weighted by atomic mass is 9.94. The summed E-state index contributed by atoms with van der Waals surface area (Å²) in [4.78, 5) is 28.0. The molecule has 1 amide bonds. The Balaban J connectivity index is 1.87. The number of benzene rings is 2. The van der Waals surface area contributed by atoms with Gasteiger partial charge in [0, 0.05) is 18.7 Å². The van der Waals surface area contributed by atoms with Crippen molar-refractivity contribution in [3.8, 4) is 17.2 Å². The van der Waals surface area contributed by atoms with Crippen LogP contribution in [0.4, 0.5) is 0 Å². The summed E-state index contributed by atoms with van der Waals surface area (Å²) in [6.45, 7) is 3.09. The number of halogens is 2. The second-order valence-electron chi connectivity index (χ2n) is 8.40. The van der Waals surface area contributed by atoms with Gasteiger partial charge in [-0.15, -0.1) is 0 Å². The van der Waals surface area contributed by atoms with E-state index in [-0.39, 0.29) is 39.6 Å². The van der Waals surface area contributed by atoms with Crippen molar-refractivity contribution < 1.29 is 33.6 Å². The molecule has 2 unspecified atom stereocenters. The van der Waals surface area contributed by atoms with Crippen molar-refractivity contribution >= 4 is 40.7 Å². The van der Waals surface area contributed by atoms with E-state index in [1.807, 2.05) is 6.92 Å². The van der Waals surface area contributed by atoms with Crippen LogP contribution in [0.25, 0.3) is 5.76 Å². The molecule has 0 saturated carbocycles. The number of nitrogens with zero attached hydrogens (tertiary/aromatic N) is 1. The Hall–Kier alpha value is -2.94. The third-order valence-corrected chi connectivity index (χ3v) is 6.80. The number of likely N-dealkylation sites (tertiary alicyclic amines) is 1. The summed E-state index contributed by atoms with van der Waals surface area (Å²) < 4.78 is 22.0. The zero-order valence-electron chi connectivity index (χ0n) is 20.2. The monoisotopic (exact) mass is 535 g/mol. The van der Waals surface area contributed by atoms with Crippen LogP contribution >= 0.6 is 23.2 Å². The Kier molecular flexibility index (Phi) is 7.97. The summed E-state index contributed by atoms with van der Waals surface area (Å²) in [5, 5.41) is 11.6. The fraction of sp³-hybridized carbons (Fsp3) is 0.385. The van der Waals surface area contributed by atoms with Crippen LogP contribution in [0.1, 0.15) is 36.9 Å². The topological polar surface area (TPSA) is 94.5 Å². The van der Waals surface area contributed by atoms with Crippen LogP contribution in [0, 0.1) is 0 Å². The highest BCUT2D eigenvalue weighted by Crippen LogP contribution is 2.44. The first kappa shape index (κ1) is 26.1. The first-order chi connectivity index (χ1) is 17.3. The maximum atomic E-state index is 13.3. The molecule has 2 aliphatic heterocycles. The first-order valence-electron chi connectivity index (χ1n) is 11.5. The van der Waals surface area contributed by atoms with Gasteiger partial charge in [0.1, 0.15) is 5.76 Å². The van der Waals surface area contributed by atoms with Crippen LogP contribution in [-0.2, 0) is 14.3 Å². The highest BCUT2D eigenvalue weighted by molar-refractivity contribution is 6.46. The fourth-order valence-electron chi connectivity index (χ4n) is 4.60. The lowest BCUT2D eigenvalue weighted by Crippen LogP contribution is -2.36. The predicted molar refractivity (Wildman–Crippen MR) is 135 cm³/mol. The number of carbonyl (C=O) groups is 2. The van der Waals surface area contributed by atoms with Crippen LogP contribution in [0.2, 0.25) is 10.0 Å². The first-order valence-corrected chi connectivity index (χ1v) is 12.3. The standard InChI is InChI=1S/C26H27Cl2NO7/c1-4-35-19-8-7-14(12-20(19)33-2)22-21(23(30)15-10-17(27)25(34-3)18(28)11-15)24(31)26(32)29(22)13-16-6-5-9-36-16/h7-8,10-12,16,22,30H,4-6,9,13H2,1-3H3/b23-21+. The zero-order chi connectivity index (χ0) is 26.0. The Labute approximate surface area is 219 Å². The number of aliphatic hydroxyl groups excluding tert-OH is 1. The van der Waals surface area contributed by atoms with Gasteiger partial charge in [0.05, 0.1) is 48.6 Å². The van der Waals surface area contributed by atoms with Gasteiger partial charge < -0.3 is 29.0 Å². The molecule has 2 aromatic rings. The minimum Gasteiger partial charge on any atom is -0.507 e. The highest BCUT2D eigenvalue weighted by atomic mass is 35.5. The smallest absolute Gasteiger partial charge is 0.295 e. The molecule has 0 aliphatic carbocycles. The van der Waals surface area contributed by atoms with Crippen molar-refractivity contribution in [1.29, 1.82) is 0 Å². The Bertz CT molecular complexity index is 1180. The number of ketones is 1. The molecule has 4 rings (SSSR count). The third kappa shape index (κ3) is 4.85. The Morgan fingerprint density at radius 2 is 1.83 bits per heavy atom. The van der Waals surface area contributed by atoms with Gasteiger partial charge in [-0.3, -0.25) is 9.59 Å². The second kappa shape index (κ2) is 11.0. The van der Waals surface area contributed by atoms with Crippen molar-refractivity contribution in [2.45, 2.75) is 31.9 Å². The normalized spacial score (nSPS) is 21.2. The summed E-state index contributed by atoms with van der Waals surface area (Å²) >= 11 is 12.6. The van der Waals surface area contributed by atoms with Crippen LogP contribution in [0.15, 0.2) is 35.9 Å². The van der Waals surface area contributed by atoms with Gasteiger partial charge in [-0.1, -0.05) is 29.3 Å². The summed E-state index contributed by atoms with van der Waals surface area (Å²) in [5.74, 6) is -0.739. The zero-order valence-corrected chi connectivity index (χ0v) is 21.7. The predicted octanol–water partition coefficient (Wildman–Crippen LogP) is 5.01. The summed E-state index contributed by atoms with van der Waals surface area (Å²) in [6.07, 6.45) is 1.44. The number of hydrogen-bond donors (Lipinski definition) is 1. The molecule has 2 fully saturated rings. The molecule has 0 bridgehead atoms. The highest BCUT2D eigenvalue weighted by Gasteiger charge is 2.47. The minimum atomic E-state index is -0.890. The van der Waals surface area contributed by atoms with E-state index < -0.39 is 23.5 Å². The maximum Gasteiger partial charge on any atom is 0.295 e. The fourth-order valence-corrected chi connectivity index (χ4v) is 5.24. The number of aliphatic hydroxyl groups is 1. The number of ether oxygens (including phenoxy) is 4. The average Bonchev–Trinajstić information content (AvgIpc) is 3.46. The molecule has 0 radical (unpaired) electrons. The van der Waals surface area contributed by atoms with Gasteiger partial charge in [-0.25, -0.2) is 0 Å².